The molecule has 2 aliphatic heterocycles. The Labute approximate surface area is 285 Å². The van der Waals surface area contributed by atoms with Gasteiger partial charge in [0.15, 0.2) is 0 Å². The molecular formula is C40H39N5O4. The average Bonchev–Trinajstić information content (AvgIpc) is 3.89. The van der Waals surface area contributed by atoms with E-state index in [1.807, 2.05) is 109 Å². The van der Waals surface area contributed by atoms with Gasteiger partial charge in [-0.3, -0.25) is 19.2 Å². The number of hydrogen-bond acceptors (Lipinski definition) is 4. The van der Waals surface area contributed by atoms with Crippen molar-refractivity contribution in [3.63, 3.8) is 0 Å². The number of fused-ring (bicyclic) bond motifs is 1. The van der Waals surface area contributed by atoms with Gasteiger partial charge >= 0.3 is 0 Å². The van der Waals surface area contributed by atoms with Crippen LogP contribution < -0.4 is 10.6 Å². The maximum Gasteiger partial charge on any atom is 0.247 e. The maximum absolute atomic E-state index is 13.4. The second-order valence-corrected chi connectivity index (χ2v) is 12.9. The Morgan fingerprint density at radius 3 is 1.73 bits per heavy atom. The van der Waals surface area contributed by atoms with Crippen LogP contribution in [0.3, 0.4) is 0 Å². The number of carbonyl (C=O) groups excluding carboxylic acids is 4. The van der Waals surface area contributed by atoms with Crippen molar-refractivity contribution in [2.45, 2.75) is 50.6 Å². The molecule has 4 aromatic carbocycles. The molecule has 7 rings (SSSR count). The third-order valence-corrected chi connectivity index (χ3v) is 9.48. The Hall–Kier alpha value is -5.70. The molecule has 9 heteroatoms. The molecule has 2 atom stereocenters. The molecule has 0 radical (unpaired) electrons. The quantitative estimate of drug-likeness (QED) is 0.176. The minimum Gasteiger partial charge on any atom is -0.355 e. The largest absolute Gasteiger partial charge is 0.355 e. The summed E-state index contributed by atoms with van der Waals surface area (Å²) in [6.45, 7) is 1.15. The molecular weight excluding hydrogens is 614 g/mol. The van der Waals surface area contributed by atoms with Gasteiger partial charge in [0.1, 0.15) is 12.1 Å². The molecule has 3 N–H and O–H groups in total. The van der Waals surface area contributed by atoms with Crippen LogP contribution in [0.25, 0.3) is 22.2 Å². The Balaban J connectivity index is 0.997. The Kier molecular flexibility index (Phi) is 9.23. The molecule has 3 heterocycles. The molecule has 248 valence electrons. The zero-order valence-corrected chi connectivity index (χ0v) is 27.2. The van der Waals surface area contributed by atoms with Crippen LogP contribution in [-0.2, 0) is 32.0 Å². The van der Waals surface area contributed by atoms with Crippen LogP contribution in [0.15, 0.2) is 109 Å². The predicted molar refractivity (Wildman–Crippen MR) is 191 cm³/mol. The van der Waals surface area contributed by atoms with Gasteiger partial charge in [-0.05, 0) is 73.2 Å². The number of rotatable bonds is 9. The first-order chi connectivity index (χ1) is 23.9. The number of carbonyl (C=O) groups is 4. The van der Waals surface area contributed by atoms with E-state index in [2.05, 4.69) is 15.6 Å². The van der Waals surface area contributed by atoms with E-state index < -0.39 is 12.1 Å². The van der Waals surface area contributed by atoms with Crippen molar-refractivity contribution in [3.05, 3.63) is 120 Å². The highest BCUT2D eigenvalue weighted by Crippen LogP contribution is 2.29. The van der Waals surface area contributed by atoms with Crippen LogP contribution in [0.4, 0.5) is 11.4 Å². The van der Waals surface area contributed by atoms with E-state index in [1.54, 1.807) is 9.80 Å². The first-order valence-corrected chi connectivity index (χ1v) is 16.9. The predicted octanol–water partition coefficient (Wildman–Crippen LogP) is 6.18. The smallest absolute Gasteiger partial charge is 0.247 e. The van der Waals surface area contributed by atoms with Crippen LogP contribution in [0.2, 0.25) is 0 Å². The summed E-state index contributed by atoms with van der Waals surface area (Å²) in [6.07, 6.45) is 3.42. The van der Waals surface area contributed by atoms with Gasteiger partial charge < -0.3 is 25.4 Å². The number of aromatic nitrogens is 1. The third-order valence-electron chi connectivity index (χ3n) is 9.48. The number of nitrogens with one attached hydrogen (secondary N) is 3. The molecule has 0 saturated carbocycles. The van der Waals surface area contributed by atoms with E-state index in [-0.39, 0.29) is 36.5 Å². The number of amides is 4. The fraction of sp³-hybridized carbons (Fsp3) is 0.250. The van der Waals surface area contributed by atoms with Crippen LogP contribution in [0, 0.1) is 0 Å². The summed E-state index contributed by atoms with van der Waals surface area (Å²) in [5.41, 5.74) is 5.85. The van der Waals surface area contributed by atoms with Gasteiger partial charge in [-0.1, -0.05) is 72.8 Å². The minimum absolute atomic E-state index is 0.0369. The zero-order chi connectivity index (χ0) is 33.7. The van der Waals surface area contributed by atoms with E-state index in [0.29, 0.717) is 37.3 Å². The normalized spacial score (nSPS) is 17.3. The third kappa shape index (κ3) is 7.26. The van der Waals surface area contributed by atoms with Crippen molar-refractivity contribution >= 4 is 45.9 Å². The maximum atomic E-state index is 13.4. The van der Waals surface area contributed by atoms with Crippen molar-refractivity contribution in [3.8, 4) is 11.3 Å². The van der Waals surface area contributed by atoms with Gasteiger partial charge in [0.25, 0.3) is 0 Å². The van der Waals surface area contributed by atoms with Crippen molar-refractivity contribution in [2.24, 2.45) is 0 Å². The summed E-state index contributed by atoms with van der Waals surface area (Å²) < 4.78 is 0. The van der Waals surface area contributed by atoms with E-state index in [1.165, 1.54) is 0 Å². The Morgan fingerprint density at radius 2 is 1.16 bits per heavy atom. The highest BCUT2D eigenvalue weighted by molar-refractivity contribution is 6.00. The van der Waals surface area contributed by atoms with Gasteiger partial charge in [-0.15, -0.1) is 0 Å². The topological polar surface area (TPSA) is 115 Å². The van der Waals surface area contributed by atoms with Gasteiger partial charge in [0.05, 0.1) is 12.8 Å². The molecule has 0 aliphatic carbocycles. The molecule has 0 bridgehead atoms. The molecule has 9 nitrogen and oxygen atoms in total. The number of aromatic amines is 1. The fourth-order valence-corrected chi connectivity index (χ4v) is 7.00. The summed E-state index contributed by atoms with van der Waals surface area (Å²) in [4.78, 5) is 59.7. The van der Waals surface area contributed by atoms with E-state index >= 15 is 0 Å². The summed E-state index contributed by atoms with van der Waals surface area (Å²) in [5.74, 6) is -0.441. The fourth-order valence-electron chi connectivity index (χ4n) is 7.00. The molecule has 0 spiro atoms. The van der Waals surface area contributed by atoms with Crippen molar-refractivity contribution < 1.29 is 19.2 Å². The van der Waals surface area contributed by atoms with Gasteiger partial charge in [0.2, 0.25) is 23.6 Å². The zero-order valence-electron chi connectivity index (χ0n) is 27.2. The highest BCUT2D eigenvalue weighted by Gasteiger charge is 2.35. The Morgan fingerprint density at radius 1 is 0.612 bits per heavy atom. The molecule has 2 aliphatic rings. The molecule has 2 saturated heterocycles. The number of benzene rings is 4. The lowest BCUT2D eigenvalue weighted by Gasteiger charge is -2.24. The van der Waals surface area contributed by atoms with Crippen LogP contribution in [0.5, 0.6) is 0 Å². The summed E-state index contributed by atoms with van der Waals surface area (Å²) >= 11 is 0. The number of anilines is 2. The molecule has 49 heavy (non-hydrogen) atoms. The molecule has 1 aromatic heterocycles. The Bertz CT molecular complexity index is 1990. The van der Waals surface area contributed by atoms with Crippen LogP contribution in [-0.4, -0.2) is 63.6 Å². The molecule has 1 unspecified atom stereocenters. The number of nitrogens with zero attached hydrogens (tertiary/aromatic N) is 2. The minimum atomic E-state index is -0.500. The molecule has 4 amide bonds. The van der Waals surface area contributed by atoms with Gasteiger partial charge in [-0.2, -0.15) is 0 Å². The standard InChI is InChI=1S/C40H39N5O4/c46-37(22-27-10-3-1-4-11-27)44-20-8-16-35(44)39(48)41-31-15-7-14-29(24-31)34-26-30-25-32(18-19-33(30)43-34)42-40(49)36-17-9-21-45(36)38(47)23-28-12-5-2-6-13-28/h1-7,10-15,18-19,24-26,35-36,43H,8-9,16-17,20-23H2,(H,41,48)(H,42,49)/t35?,36-/m0/s1. The average molecular weight is 654 g/mol. The van der Waals surface area contributed by atoms with Crippen LogP contribution >= 0.6 is 0 Å². The lowest BCUT2D eigenvalue weighted by molar-refractivity contribution is -0.136. The molecule has 2 fully saturated rings. The number of likely N-dealkylation sites (tertiary alicyclic amines) is 2. The SMILES string of the molecule is O=C(Nc1cccc(-c2cc3cc(NC(=O)[C@@H]4CCCN4C(=O)Cc4ccccc4)ccc3[nH]2)c1)C1CCCN1C(=O)Cc1ccccc1. The summed E-state index contributed by atoms with van der Waals surface area (Å²) in [6, 6.07) is 33.5. The van der Waals surface area contributed by atoms with Crippen molar-refractivity contribution in [2.75, 3.05) is 23.7 Å². The van der Waals surface area contributed by atoms with E-state index in [0.717, 1.165) is 46.1 Å². The summed E-state index contributed by atoms with van der Waals surface area (Å²) in [7, 11) is 0. The second-order valence-electron chi connectivity index (χ2n) is 12.9. The van der Waals surface area contributed by atoms with Crippen LogP contribution in [0.1, 0.15) is 36.8 Å². The van der Waals surface area contributed by atoms with Gasteiger partial charge in [0, 0.05) is 46.6 Å². The van der Waals surface area contributed by atoms with Crippen molar-refractivity contribution in [1.82, 2.24) is 14.8 Å². The number of H-pyrrole nitrogens is 1. The second kappa shape index (κ2) is 14.2. The first-order valence-electron chi connectivity index (χ1n) is 16.9. The highest BCUT2D eigenvalue weighted by atomic mass is 16.2. The van der Waals surface area contributed by atoms with Crippen molar-refractivity contribution in [1.29, 1.82) is 0 Å². The van der Waals surface area contributed by atoms with Gasteiger partial charge in [-0.25, -0.2) is 0 Å². The molecule has 5 aromatic rings. The monoisotopic (exact) mass is 653 g/mol. The lowest BCUT2D eigenvalue weighted by atomic mass is 10.1. The van der Waals surface area contributed by atoms with E-state index in [9.17, 15) is 19.2 Å². The number of hydrogen-bond donors (Lipinski definition) is 3. The summed E-state index contributed by atoms with van der Waals surface area (Å²) in [5, 5.41) is 6.99. The first kappa shape index (κ1) is 31.9. The van der Waals surface area contributed by atoms with E-state index in [4.69, 9.17) is 0 Å². The lowest BCUT2D eigenvalue weighted by Crippen LogP contribution is -2.43.